The van der Waals surface area contributed by atoms with Gasteiger partial charge in [-0.15, -0.1) is 0 Å². The van der Waals surface area contributed by atoms with Gasteiger partial charge in [0.1, 0.15) is 17.2 Å². The van der Waals surface area contributed by atoms with E-state index in [0.29, 0.717) is 11.5 Å². The number of hydrogen-bond acceptors (Lipinski definition) is 7. The number of nitrogens with two attached hydrogens (primary N) is 1. The second-order valence-electron chi connectivity index (χ2n) is 8.54. The standard InChI is InChI=1S/C22H23N7.C2H6/c1-28-9-15-11-29(12-16(15)10-28)21-8-24-18-5-4-17(26-22(18)27-21)13-2-3-14-7-20(23)25-19(14)6-13;1-2/h2-6,8,15-16H,7,9-12H2,1H3,(H2,23,25);1-2H3. The van der Waals surface area contributed by atoms with E-state index in [9.17, 15) is 0 Å². The topological polar surface area (TPSA) is 83.5 Å². The highest BCUT2D eigenvalue weighted by Crippen LogP contribution is 2.33. The molecule has 3 aromatic rings. The largest absolute Gasteiger partial charge is 0.387 e. The van der Waals surface area contributed by atoms with Gasteiger partial charge in [-0.2, -0.15) is 0 Å². The minimum absolute atomic E-state index is 0.667. The van der Waals surface area contributed by atoms with Crippen molar-refractivity contribution in [3.05, 3.63) is 42.1 Å². The quantitative estimate of drug-likeness (QED) is 0.692. The van der Waals surface area contributed by atoms with Crippen LogP contribution in [0.2, 0.25) is 0 Å². The molecule has 6 rings (SSSR count). The Morgan fingerprint density at radius 2 is 1.74 bits per heavy atom. The van der Waals surface area contributed by atoms with Gasteiger partial charge >= 0.3 is 0 Å². The van der Waals surface area contributed by atoms with Crippen molar-refractivity contribution in [1.29, 1.82) is 0 Å². The molecule has 3 aliphatic rings. The van der Waals surface area contributed by atoms with Crippen molar-refractivity contribution in [2.75, 3.05) is 38.1 Å². The molecule has 1 aromatic carbocycles. The van der Waals surface area contributed by atoms with Crippen molar-refractivity contribution >= 4 is 28.5 Å². The van der Waals surface area contributed by atoms with Gasteiger partial charge in [0, 0.05) is 38.2 Å². The molecule has 0 amide bonds. The van der Waals surface area contributed by atoms with Crippen LogP contribution < -0.4 is 10.6 Å². The Bertz CT molecular complexity index is 1140. The predicted octanol–water partition coefficient (Wildman–Crippen LogP) is 3.26. The van der Waals surface area contributed by atoms with Gasteiger partial charge in [0.05, 0.1) is 17.6 Å². The fourth-order valence-electron chi connectivity index (χ4n) is 4.98. The number of nitrogens with zero attached hydrogens (tertiary/aromatic N) is 6. The van der Waals surface area contributed by atoms with Crippen LogP contribution in [0.4, 0.5) is 11.5 Å². The van der Waals surface area contributed by atoms with Gasteiger partial charge in [-0.1, -0.05) is 26.0 Å². The summed E-state index contributed by atoms with van der Waals surface area (Å²) in [6.07, 6.45) is 2.62. The second kappa shape index (κ2) is 7.89. The number of rotatable bonds is 2. The minimum Gasteiger partial charge on any atom is -0.387 e. The smallest absolute Gasteiger partial charge is 0.180 e. The molecule has 5 heterocycles. The Labute approximate surface area is 183 Å². The first-order valence-corrected chi connectivity index (χ1v) is 11.2. The molecule has 7 nitrogen and oxygen atoms in total. The summed E-state index contributed by atoms with van der Waals surface area (Å²) in [5.41, 5.74) is 11.4. The number of aromatic nitrogens is 3. The van der Waals surface area contributed by atoms with Gasteiger partial charge in [-0.25, -0.2) is 19.9 Å². The van der Waals surface area contributed by atoms with E-state index in [2.05, 4.69) is 45.0 Å². The Balaban J connectivity index is 0.000000994. The predicted molar refractivity (Wildman–Crippen MR) is 126 cm³/mol. The average molecular weight is 416 g/mol. The van der Waals surface area contributed by atoms with Crippen LogP contribution in [0.1, 0.15) is 19.4 Å². The molecule has 0 radical (unpaired) electrons. The lowest BCUT2D eigenvalue weighted by Gasteiger charge is -2.20. The van der Waals surface area contributed by atoms with Crippen molar-refractivity contribution in [2.45, 2.75) is 20.3 Å². The molecule has 0 saturated carbocycles. The first kappa shape index (κ1) is 19.9. The van der Waals surface area contributed by atoms with E-state index in [-0.39, 0.29) is 0 Å². The Morgan fingerprint density at radius 3 is 2.52 bits per heavy atom. The third kappa shape index (κ3) is 3.63. The van der Waals surface area contributed by atoms with Gasteiger partial charge in [-0.3, -0.25) is 0 Å². The zero-order chi connectivity index (χ0) is 21.5. The molecule has 0 spiro atoms. The number of benzene rings is 1. The molecule has 0 aliphatic carbocycles. The number of aliphatic imine (C=N–C) groups is 1. The van der Waals surface area contributed by atoms with Gasteiger partial charge in [-0.05, 0) is 42.6 Å². The monoisotopic (exact) mass is 415 g/mol. The number of likely N-dealkylation sites (tertiary alicyclic amines) is 1. The van der Waals surface area contributed by atoms with Crippen molar-refractivity contribution in [2.24, 2.45) is 22.6 Å². The summed E-state index contributed by atoms with van der Waals surface area (Å²) < 4.78 is 0. The molecule has 2 fully saturated rings. The SMILES string of the molecule is CC.CN1CC2CN(c3cnc4ccc(-c5ccc6c(c5)N=C(N)C6)nc4n3)CC2C1. The lowest BCUT2D eigenvalue weighted by Crippen LogP contribution is -2.27. The minimum atomic E-state index is 0.667. The van der Waals surface area contributed by atoms with E-state index in [1.54, 1.807) is 0 Å². The normalized spacial score (nSPS) is 22.2. The zero-order valence-corrected chi connectivity index (χ0v) is 18.4. The van der Waals surface area contributed by atoms with Crippen molar-refractivity contribution in [3.8, 4) is 11.3 Å². The Morgan fingerprint density at radius 1 is 0.968 bits per heavy atom. The number of fused-ring (bicyclic) bond motifs is 3. The molecule has 3 aliphatic heterocycles. The van der Waals surface area contributed by atoms with Crippen LogP contribution in [-0.4, -0.2) is 58.9 Å². The summed E-state index contributed by atoms with van der Waals surface area (Å²) in [5.74, 6) is 3.07. The maximum Gasteiger partial charge on any atom is 0.180 e. The molecule has 31 heavy (non-hydrogen) atoms. The van der Waals surface area contributed by atoms with Gasteiger partial charge in [0.25, 0.3) is 0 Å². The zero-order valence-electron chi connectivity index (χ0n) is 18.4. The molecule has 160 valence electrons. The highest BCUT2D eigenvalue weighted by molar-refractivity contribution is 5.91. The fourth-order valence-corrected chi connectivity index (χ4v) is 4.98. The summed E-state index contributed by atoms with van der Waals surface area (Å²) in [6.45, 7) is 8.46. The van der Waals surface area contributed by atoms with Gasteiger partial charge in [0.2, 0.25) is 0 Å². The highest BCUT2D eigenvalue weighted by atomic mass is 15.3. The van der Waals surface area contributed by atoms with Gasteiger partial charge in [0.15, 0.2) is 5.65 Å². The molecule has 2 saturated heterocycles. The highest BCUT2D eigenvalue weighted by Gasteiger charge is 2.39. The van der Waals surface area contributed by atoms with Crippen LogP contribution in [0.3, 0.4) is 0 Å². The van der Waals surface area contributed by atoms with E-state index in [0.717, 1.165) is 59.6 Å². The van der Waals surface area contributed by atoms with Crippen molar-refractivity contribution in [1.82, 2.24) is 19.9 Å². The summed E-state index contributed by atoms with van der Waals surface area (Å²) in [7, 11) is 2.21. The van der Waals surface area contributed by atoms with E-state index < -0.39 is 0 Å². The number of anilines is 1. The summed E-state index contributed by atoms with van der Waals surface area (Å²) >= 11 is 0. The summed E-state index contributed by atoms with van der Waals surface area (Å²) in [6, 6.07) is 10.2. The fraction of sp³-hybridized carbons (Fsp3) is 0.417. The van der Waals surface area contributed by atoms with Crippen molar-refractivity contribution < 1.29 is 0 Å². The first-order valence-electron chi connectivity index (χ1n) is 11.2. The average Bonchev–Trinajstić information content (AvgIpc) is 3.45. The van der Waals surface area contributed by atoms with E-state index in [1.165, 1.54) is 18.7 Å². The lowest BCUT2D eigenvalue weighted by atomic mass is 10.0. The maximum absolute atomic E-state index is 5.87. The number of amidine groups is 1. The van der Waals surface area contributed by atoms with Crippen LogP contribution in [-0.2, 0) is 6.42 Å². The van der Waals surface area contributed by atoms with E-state index in [1.807, 2.05) is 32.2 Å². The Kier molecular flexibility index (Phi) is 5.06. The second-order valence-corrected chi connectivity index (χ2v) is 8.54. The third-order valence-corrected chi connectivity index (χ3v) is 6.40. The van der Waals surface area contributed by atoms with Crippen LogP contribution in [0.5, 0.6) is 0 Å². The molecule has 2 aromatic heterocycles. The van der Waals surface area contributed by atoms with Crippen molar-refractivity contribution in [3.63, 3.8) is 0 Å². The molecule has 0 bridgehead atoms. The maximum atomic E-state index is 5.87. The first-order chi connectivity index (χ1) is 15.1. The lowest BCUT2D eigenvalue weighted by molar-refractivity contribution is 0.387. The van der Waals surface area contributed by atoms with Crippen LogP contribution in [0.15, 0.2) is 41.5 Å². The molecule has 7 heteroatoms. The third-order valence-electron chi connectivity index (χ3n) is 6.40. The molecule has 2 N–H and O–H groups in total. The van der Waals surface area contributed by atoms with E-state index in [4.69, 9.17) is 15.7 Å². The van der Waals surface area contributed by atoms with Crippen LogP contribution >= 0.6 is 0 Å². The van der Waals surface area contributed by atoms with Crippen LogP contribution in [0, 0.1) is 11.8 Å². The number of hydrogen-bond donors (Lipinski definition) is 1. The summed E-state index contributed by atoms with van der Waals surface area (Å²) in [5, 5.41) is 0. The van der Waals surface area contributed by atoms with Crippen LogP contribution in [0.25, 0.3) is 22.4 Å². The number of pyridine rings is 1. The molecule has 2 atom stereocenters. The molecular formula is C24H29N7. The summed E-state index contributed by atoms with van der Waals surface area (Å²) in [4.78, 5) is 23.5. The molecule has 2 unspecified atom stereocenters. The molecular weight excluding hydrogens is 386 g/mol. The van der Waals surface area contributed by atoms with Gasteiger partial charge < -0.3 is 15.5 Å². The van der Waals surface area contributed by atoms with E-state index >= 15 is 0 Å². The Hall–Kier alpha value is -3.06.